The molecule has 0 amide bonds. The van der Waals surface area contributed by atoms with Crippen LogP contribution in [0.1, 0.15) is 22.8 Å². The highest BCUT2D eigenvalue weighted by molar-refractivity contribution is 9.10. The number of nitrogens with one attached hydrogen (secondary N) is 1. The van der Waals surface area contributed by atoms with Crippen LogP contribution in [0.5, 0.6) is 0 Å². The molecule has 1 atom stereocenters. The SMILES string of the molecule is CC(Br)C(=O)c1ccc2c(c1)CCN2.O=[N+]([O-])c1ccccc1S. The fraction of sp³-hybridized carbons (Fsp3) is 0.235. The summed E-state index contributed by atoms with van der Waals surface area (Å²) in [4.78, 5) is 21.7. The number of anilines is 1. The highest BCUT2D eigenvalue weighted by Gasteiger charge is 2.15. The molecular weight excluding hydrogens is 392 g/mol. The molecule has 1 N–H and O–H groups in total. The molecule has 0 fully saturated rings. The summed E-state index contributed by atoms with van der Waals surface area (Å²) in [5.74, 6) is 0.153. The lowest BCUT2D eigenvalue weighted by Crippen LogP contribution is -2.09. The fourth-order valence-electron chi connectivity index (χ4n) is 2.31. The number of carbonyl (C=O) groups excluding carboxylic acids is 1. The van der Waals surface area contributed by atoms with Crippen LogP contribution in [0, 0.1) is 10.1 Å². The van der Waals surface area contributed by atoms with Gasteiger partial charge in [-0.25, -0.2) is 0 Å². The number of hydrogen-bond donors (Lipinski definition) is 2. The Morgan fingerprint density at radius 1 is 1.33 bits per heavy atom. The second-order valence-electron chi connectivity index (χ2n) is 5.27. The summed E-state index contributed by atoms with van der Waals surface area (Å²) in [5.41, 5.74) is 3.27. The van der Waals surface area contributed by atoms with Crippen molar-refractivity contribution in [3.63, 3.8) is 0 Å². The number of rotatable bonds is 3. The summed E-state index contributed by atoms with van der Waals surface area (Å²) < 4.78 is 0. The van der Waals surface area contributed by atoms with Crippen molar-refractivity contribution >= 4 is 45.7 Å². The summed E-state index contributed by atoms with van der Waals surface area (Å²) in [6, 6.07) is 12.2. The van der Waals surface area contributed by atoms with E-state index in [-0.39, 0.29) is 16.3 Å². The van der Waals surface area contributed by atoms with Crippen LogP contribution in [0.3, 0.4) is 0 Å². The van der Waals surface area contributed by atoms with E-state index in [4.69, 9.17) is 0 Å². The maximum absolute atomic E-state index is 11.7. The van der Waals surface area contributed by atoms with E-state index < -0.39 is 4.92 Å². The number of nitrogens with zero attached hydrogens (tertiary/aromatic N) is 1. The Balaban J connectivity index is 0.000000185. The first-order chi connectivity index (χ1) is 11.4. The second kappa shape index (κ2) is 8.30. The number of nitro benzene ring substituents is 1. The Kier molecular flexibility index (Phi) is 6.39. The van der Waals surface area contributed by atoms with Crippen LogP contribution < -0.4 is 5.32 Å². The molecule has 0 spiro atoms. The van der Waals surface area contributed by atoms with Gasteiger partial charge in [0, 0.05) is 23.9 Å². The Hall–Kier alpha value is -1.86. The third-order valence-electron chi connectivity index (χ3n) is 3.54. The van der Waals surface area contributed by atoms with Crippen LogP contribution in [-0.2, 0) is 6.42 Å². The van der Waals surface area contributed by atoms with E-state index in [0.717, 1.165) is 18.5 Å². The zero-order valence-corrected chi connectivity index (χ0v) is 15.5. The number of fused-ring (bicyclic) bond motifs is 1. The van der Waals surface area contributed by atoms with Gasteiger partial charge in [-0.2, -0.15) is 0 Å². The molecule has 126 valence electrons. The molecule has 5 nitrogen and oxygen atoms in total. The quantitative estimate of drug-likeness (QED) is 0.257. The van der Waals surface area contributed by atoms with Gasteiger partial charge in [-0.3, -0.25) is 14.9 Å². The molecule has 2 aromatic rings. The first-order valence-electron chi connectivity index (χ1n) is 7.37. The summed E-state index contributed by atoms with van der Waals surface area (Å²) in [5, 5.41) is 13.5. The highest BCUT2D eigenvalue weighted by atomic mass is 79.9. The van der Waals surface area contributed by atoms with Crippen molar-refractivity contribution in [3.8, 4) is 0 Å². The van der Waals surface area contributed by atoms with Gasteiger partial charge in [0.1, 0.15) is 0 Å². The molecule has 0 radical (unpaired) electrons. The van der Waals surface area contributed by atoms with E-state index in [9.17, 15) is 14.9 Å². The van der Waals surface area contributed by atoms with Gasteiger partial charge >= 0.3 is 0 Å². The minimum atomic E-state index is -0.456. The van der Waals surface area contributed by atoms with Gasteiger partial charge in [0.05, 0.1) is 14.6 Å². The first kappa shape index (κ1) is 18.5. The van der Waals surface area contributed by atoms with E-state index in [1.54, 1.807) is 18.2 Å². The van der Waals surface area contributed by atoms with E-state index >= 15 is 0 Å². The third kappa shape index (κ3) is 4.58. The van der Waals surface area contributed by atoms with Gasteiger partial charge < -0.3 is 5.32 Å². The summed E-state index contributed by atoms with van der Waals surface area (Å²) in [7, 11) is 0. The zero-order valence-electron chi connectivity index (χ0n) is 13.0. The lowest BCUT2D eigenvalue weighted by Gasteiger charge is -2.05. The largest absolute Gasteiger partial charge is 0.384 e. The Morgan fingerprint density at radius 2 is 2.04 bits per heavy atom. The van der Waals surface area contributed by atoms with Gasteiger partial charge in [-0.15, -0.1) is 12.6 Å². The standard InChI is InChI=1S/C11H12BrNO.C6H5NO2S/c1-7(12)11(14)9-2-3-10-8(6-9)4-5-13-10;8-7(9)5-3-1-2-4-6(5)10/h2-3,6-7,13H,4-5H2,1H3;1-4,10H. The summed E-state index contributed by atoms with van der Waals surface area (Å²) >= 11 is 7.19. The molecule has 1 aliphatic rings. The Labute approximate surface area is 154 Å². The maximum Gasteiger partial charge on any atom is 0.282 e. The molecule has 1 aliphatic heterocycles. The van der Waals surface area contributed by atoms with Gasteiger partial charge in [0.25, 0.3) is 5.69 Å². The van der Waals surface area contributed by atoms with Crippen molar-refractivity contribution in [2.45, 2.75) is 23.1 Å². The molecule has 24 heavy (non-hydrogen) atoms. The van der Waals surface area contributed by atoms with Crippen molar-refractivity contribution in [2.24, 2.45) is 0 Å². The van der Waals surface area contributed by atoms with Crippen LogP contribution in [0.15, 0.2) is 47.4 Å². The smallest absolute Gasteiger partial charge is 0.282 e. The highest BCUT2D eigenvalue weighted by Crippen LogP contribution is 2.24. The number of hydrogen-bond acceptors (Lipinski definition) is 5. The van der Waals surface area contributed by atoms with Crippen molar-refractivity contribution in [1.82, 2.24) is 0 Å². The molecule has 0 saturated heterocycles. The van der Waals surface area contributed by atoms with E-state index in [2.05, 4.69) is 33.9 Å². The molecule has 0 bridgehead atoms. The average molecular weight is 409 g/mol. The number of carbonyl (C=O) groups is 1. The van der Waals surface area contributed by atoms with E-state index in [1.165, 1.54) is 17.3 Å². The fourth-order valence-corrected chi connectivity index (χ4v) is 2.81. The van der Waals surface area contributed by atoms with Crippen LogP contribution in [0.25, 0.3) is 0 Å². The van der Waals surface area contributed by atoms with Gasteiger partial charge in [0.15, 0.2) is 5.78 Å². The number of para-hydroxylation sites is 1. The number of thiol groups is 1. The predicted octanol–water partition coefficient (Wildman–Crippen LogP) is 4.50. The molecular formula is C17H17BrN2O3S. The number of halogens is 1. The van der Waals surface area contributed by atoms with Crippen LogP contribution in [0.4, 0.5) is 11.4 Å². The number of alkyl halides is 1. The van der Waals surface area contributed by atoms with Crippen molar-refractivity contribution in [3.05, 3.63) is 63.7 Å². The lowest BCUT2D eigenvalue weighted by molar-refractivity contribution is -0.387. The molecule has 2 aromatic carbocycles. The molecule has 0 saturated carbocycles. The molecule has 7 heteroatoms. The van der Waals surface area contributed by atoms with Gasteiger partial charge in [-0.05, 0) is 43.2 Å². The summed E-state index contributed by atoms with van der Waals surface area (Å²) in [6.07, 6.45) is 1.02. The van der Waals surface area contributed by atoms with Crippen LogP contribution in [-0.4, -0.2) is 22.1 Å². The number of nitro groups is 1. The minimum Gasteiger partial charge on any atom is -0.384 e. The minimum absolute atomic E-state index is 0.0471. The number of ketones is 1. The third-order valence-corrected chi connectivity index (χ3v) is 4.33. The number of benzene rings is 2. The Morgan fingerprint density at radius 3 is 2.62 bits per heavy atom. The average Bonchev–Trinajstić information content (AvgIpc) is 3.02. The topological polar surface area (TPSA) is 72.2 Å². The normalized spacial score (nSPS) is 13.1. The monoisotopic (exact) mass is 408 g/mol. The second-order valence-corrected chi connectivity index (χ2v) is 7.13. The van der Waals surface area contributed by atoms with Crippen molar-refractivity contribution in [2.75, 3.05) is 11.9 Å². The zero-order chi connectivity index (χ0) is 17.7. The van der Waals surface area contributed by atoms with Gasteiger partial charge in [0.2, 0.25) is 0 Å². The first-order valence-corrected chi connectivity index (χ1v) is 8.74. The van der Waals surface area contributed by atoms with Crippen LogP contribution >= 0.6 is 28.6 Å². The van der Waals surface area contributed by atoms with E-state index in [1.807, 2.05) is 25.1 Å². The number of Topliss-reactive ketones (excluding diaryl/α,β-unsaturated/α-hetero) is 1. The molecule has 3 rings (SSSR count). The Bertz CT molecular complexity index is 765. The van der Waals surface area contributed by atoms with Crippen molar-refractivity contribution < 1.29 is 9.72 Å². The maximum atomic E-state index is 11.7. The molecule has 0 aliphatic carbocycles. The van der Waals surface area contributed by atoms with E-state index in [0.29, 0.717) is 4.90 Å². The molecule has 1 heterocycles. The van der Waals surface area contributed by atoms with Crippen molar-refractivity contribution in [1.29, 1.82) is 0 Å². The lowest BCUT2D eigenvalue weighted by atomic mass is 10.0. The van der Waals surface area contributed by atoms with Crippen LogP contribution in [0.2, 0.25) is 0 Å². The summed E-state index contributed by atoms with van der Waals surface area (Å²) in [6.45, 7) is 2.84. The molecule has 0 aromatic heterocycles. The molecule has 1 unspecified atom stereocenters. The predicted molar refractivity (Wildman–Crippen MR) is 102 cm³/mol. The van der Waals surface area contributed by atoms with Gasteiger partial charge in [-0.1, -0.05) is 28.1 Å².